The predicted molar refractivity (Wildman–Crippen MR) is 178 cm³/mol. The van der Waals surface area contributed by atoms with E-state index in [0.29, 0.717) is 28.7 Å². The first-order chi connectivity index (χ1) is 24.0. The molecule has 5 aliphatic heterocycles. The first-order valence-corrected chi connectivity index (χ1v) is 17.1. The van der Waals surface area contributed by atoms with Crippen LogP contribution in [0.1, 0.15) is 61.8 Å². The van der Waals surface area contributed by atoms with E-state index in [2.05, 4.69) is 11.0 Å². The molecule has 3 saturated heterocycles. The van der Waals surface area contributed by atoms with E-state index in [1.165, 1.54) is 17.4 Å². The maximum absolute atomic E-state index is 12.7. The van der Waals surface area contributed by atoms with Gasteiger partial charge in [0.1, 0.15) is 0 Å². The Hall–Kier alpha value is -3.85. The molecule has 0 saturated carbocycles. The third-order valence-electron chi connectivity index (χ3n) is 10.5. The van der Waals surface area contributed by atoms with E-state index in [0.717, 1.165) is 63.4 Å². The molecule has 13 heteroatoms. The van der Waals surface area contributed by atoms with Crippen LogP contribution in [0.4, 0.5) is 0 Å². The average molecular weight is 702 g/mol. The second-order valence-corrected chi connectivity index (χ2v) is 13.5. The quantitative estimate of drug-likeness (QED) is 0.234. The van der Waals surface area contributed by atoms with E-state index in [1.807, 2.05) is 35.2 Å². The van der Waals surface area contributed by atoms with Crippen molar-refractivity contribution in [3.05, 3.63) is 82.2 Å². The monoisotopic (exact) mass is 701 g/mol. The largest absolute Gasteiger partial charge is 1.00 e. The zero-order chi connectivity index (χ0) is 35.7. The van der Waals surface area contributed by atoms with Crippen LogP contribution >= 0.6 is 0 Å². The number of carboxylic acids is 1. The number of amides is 2. The number of carboxylic acid groups (broad SMARTS) is 1. The summed E-state index contributed by atoms with van der Waals surface area (Å²) in [4.78, 5) is 41.8. The number of nitrogens with zero attached hydrogens (tertiary/aromatic N) is 5. The number of hydrogen-bond acceptors (Lipinski definition) is 10. The van der Waals surface area contributed by atoms with E-state index in [-0.39, 0.29) is 65.1 Å². The smallest absolute Gasteiger partial charge is 0.543 e. The van der Waals surface area contributed by atoms with Crippen LogP contribution in [0.25, 0.3) is 11.1 Å². The minimum atomic E-state index is -1.40. The molecular formula is C38H40N5NaO7. The van der Waals surface area contributed by atoms with Gasteiger partial charge >= 0.3 is 29.6 Å². The topological polar surface area (TPSA) is 181 Å². The maximum atomic E-state index is 12.7. The molecule has 0 radical (unpaired) electrons. The molecule has 2 N–H and O–H groups in total. The molecule has 51 heavy (non-hydrogen) atoms. The van der Waals surface area contributed by atoms with Gasteiger partial charge < -0.3 is 34.7 Å². The number of rotatable bonds is 9. The number of ether oxygens (including phenoxy) is 1. The summed E-state index contributed by atoms with van der Waals surface area (Å²) in [7, 11) is 0. The molecule has 3 fully saturated rings. The van der Waals surface area contributed by atoms with Crippen LogP contribution in [-0.4, -0.2) is 99.8 Å². The Balaban J connectivity index is 0.000000199. The minimum Gasteiger partial charge on any atom is -0.543 e. The number of β-lactam (4-membered cyclic amide) rings is 2. The summed E-state index contributed by atoms with van der Waals surface area (Å²) in [6.45, 7) is 7.76. The summed E-state index contributed by atoms with van der Waals surface area (Å²) in [6.07, 6.45) is 1.53. The number of aliphatic carboxylic acids is 1. The fourth-order valence-electron chi connectivity index (χ4n) is 7.98. The van der Waals surface area contributed by atoms with Crippen LogP contribution in [0.5, 0.6) is 0 Å². The van der Waals surface area contributed by atoms with Gasteiger partial charge in [0.15, 0.2) is 0 Å². The van der Waals surface area contributed by atoms with Crippen molar-refractivity contribution in [2.24, 2.45) is 11.8 Å². The van der Waals surface area contributed by atoms with Gasteiger partial charge in [-0.15, -0.1) is 0 Å². The number of aliphatic hydroxyl groups is 2. The normalized spacial score (nSPS) is 24.9. The van der Waals surface area contributed by atoms with Crippen LogP contribution in [0.3, 0.4) is 0 Å². The Kier molecular flexibility index (Phi) is 12.2. The zero-order valence-corrected chi connectivity index (χ0v) is 31.1. The van der Waals surface area contributed by atoms with Crippen LogP contribution in [0.15, 0.2) is 59.9 Å². The van der Waals surface area contributed by atoms with Crippen molar-refractivity contribution >= 4 is 28.9 Å². The third kappa shape index (κ3) is 7.41. The molecule has 0 aromatic heterocycles. The van der Waals surface area contributed by atoms with Crippen LogP contribution in [0, 0.1) is 34.5 Å². The van der Waals surface area contributed by atoms with Gasteiger partial charge in [-0.25, -0.2) is 0 Å². The molecule has 0 aliphatic carbocycles. The van der Waals surface area contributed by atoms with Gasteiger partial charge in [-0.2, -0.15) is 10.5 Å². The molecular weight excluding hydrogens is 661 g/mol. The first kappa shape index (κ1) is 38.4. The van der Waals surface area contributed by atoms with E-state index in [4.69, 9.17) is 15.3 Å². The number of aliphatic hydroxyl groups excluding tert-OH is 2. The Morgan fingerprint density at radius 1 is 0.843 bits per heavy atom. The maximum Gasteiger partial charge on any atom is 1.00 e. The Morgan fingerprint density at radius 2 is 1.31 bits per heavy atom. The molecule has 5 aliphatic rings. The van der Waals surface area contributed by atoms with Crippen molar-refractivity contribution in [2.75, 3.05) is 32.8 Å². The van der Waals surface area contributed by atoms with Crippen molar-refractivity contribution in [2.45, 2.75) is 63.8 Å². The van der Waals surface area contributed by atoms with Gasteiger partial charge in [0.2, 0.25) is 11.8 Å². The van der Waals surface area contributed by atoms with E-state index < -0.39 is 24.1 Å². The van der Waals surface area contributed by atoms with Crippen molar-refractivity contribution in [1.29, 1.82) is 10.5 Å². The number of hydrogen-bond donors (Lipinski definition) is 2. The van der Waals surface area contributed by atoms with Gasteiger partial charge in [-0.05, 0) is 92.6 Å². The molecule has 0 bridgehead atoms. The number of benzene rings is 2. The van der Waals surface area contributed by atoms with Gasteiger partial charge in [0, 0.05) is 18.8 Å². The molecule has 5 heterocycles. The van der Waals surface area contributed by atoms with Crippen LogP contribution in [0.2, 0.25) is 0 Å². The van der Waals surface area contributed by atoms with Crippen molar-refractivity contribution in [1.82, 2.24) is 14.7 Å². The average Bonchev–Trinajstić information content (AvgIpc) is 3.62. The van der Waals surface area contributed by atoms with Gasteiger partial charge in [-0.1, -0.05) is 24.3 Å². The number of nitriles is 2. The molecule has 6 atom stereocenters. The minimum absolute atomic E-state index is 0. The molecule has 12 nitrogen and oxygen atoms in total. The van der Waals surface area contributed by atoms with Crippen molar-refractivity contribution in [3.63, 3.8) is 0 Å². The van der Waals surface area contributed by atoms with Crippen LogP contribution < -0.4 is 34.7 Å². The Bertz CT molecular complexity index is 1800. The number of allylic oxidation sites excluding steroid dienone is 1. The number of fused-ring (bicyclic) bond motifs is 2. The molecule has 260 valence electrons. The van der Waals surface area contributed by atoms with Crippen LogP contribution in [-0.2, 0) is 19.1 Å². The van der Waals surface area contributed by atoms with E-state index in [9.17, 15) is 29.7 Å². The Labute approximate surface area is 319 Å². The Morgan fingerprint density at radius 3 is 1.80 bits per heavy atom. The van der Waals surface area contributed by atoms with Gasteiger partial charge in [0.25, 0.3) is 0 Å². The second-order valence-electron chi connectivity index (χ2n) is 13.5. The molecule has 7 rings (SSSR count). The predicted octanol–water partition coefficient (Wildman–Crippen LogP) is -1.37. The third-order valence-corrected chi connectivity index (χ3v) is 10.5. The summed E-state index contributed by atoms with van der Waals surface area (Å²) in [6, 6.07) is 18.0. The summed E-state index contributed by atoms with van der Waals surface area (Å²) in [5.74, 6) is -2.62. The van der Waals surface area contributed by atoms with Gasteiger partial charge in [-0.3, -0.25) is 14.5 Å². The van der Waals surface area contributed by atoms with Crippen molar-refractivity contribution < 1.29 is 64.0 Å². The summed E-state index contributed by atoms with van der Waals surface area (Å²) >= 11 is 0. The number of carbonyl (C=O) groups excluding carboxylic acids is 3. The first-order valence-electron chi connectivity index (χ1n) is 17.1. The van der Waals surface area contributed by atoms with Crippen molar-refractivity contribution in [3.8, 4) is 12.1 Å². The SMILES string of the molecule is C[C@@H](O)[C@H]1C(=O)N2C(C(=O)[O-])=C(c3ccc(C#N)cc3)C[C@H]12.C[C@@H](O)[C@H]1C(=O)N2C(CCCN3CCOCC3)=C(c3ccc(C#N)cc3)C[C@H]12.[Na+]. The van der Waals surface area contributed by atoms with E-state index >= 15 is 0 Å². The summed E-state index contributed by atoms with van der Waals surface area (Å²) in [5, 5.41) is 49.0. The summed E-state index contributed by atoms with van der Waals surface area (Å²) < 4.78 is 5.41. The van der Waals surface area contributed by atoms with Gasteiger partial charge in [0.05, 0.1) is 84.3 Å². The standard InChI is InChI=1S/C22H27N3O3.C16H14N2O4.Na/c1-15(26)21-20-13-18(17-6-4-16(14-23)5-7-17)19(25(20)22(21)27)3-2-8-24-9-11-28-12-10-24;1-8(19)13-12-6-11(10-4-2-9(7-17)3-5-10)14(16(21)22)18(12)15(13)20;/h4-7,15,20-21,26H,2-3,8-13H2,1H3;2-5,8,12-13,19H,6H2,1H3,(H,21,22);/q;;+1/p-1/t15-,20-,21-;8-,12-,13-;/m11./s1. The molecule has 2 aromatic carbocycles. The number of carbonyl (C=O) groups is 3. The fraction of sp³-hybridized carbons (Fsp3) is 0.447. The molecule has 2 aromatic rings. The fourth-order valence-corrected chi connectivity index (χ4v) is 7.98. The summed E-state index contributed by atoms with van der Waals surface area (Å²) in [5.41, 5.74) is 5.49. The second kappa shape index (κ2) is 16.2. The zero-order valence-electron chi connectivity index (χ0n) is 29.1. The molecule has 0 spiro atoms. The molecule has 0 unspecified atom stereocenters. The number of morpholine rings is 1. The van der Waals surface area contributed by atoms with E-state index in [1.54, 1.807) is 31.2 Å². The molecule has 2 amide bonds.